The van der Waals surface area contributed by atoms with E-state index in [4.69, 9.17) is 14.2 Å². The monoisotopic (exact) mass is 249 g/mol. The summed E-state index contributed by atoms with van der Waals surface area (Å²) in [7, 11) is 1.68. The maximum absolute atomic E-state index is 6.02. The third-order valence-corrected chi connectivity index (χ3v) is 3.65. The Morgan fingerprint density at radius 3 is 2.94 bits per heavy atom. The number of nitrogens with one attached hydrogen (secondary N) is 1. The standard InChI is InChI=1S/C14H19NO3/c1-16-14-12-13(11(18-14)7-8-15-12)17-9-10-5-3-2-4-6-10/h2-6,11-15H,7-9H2,1H3/t11-,12+,13+,14?/m1/s1. The predicted molar refractivity (Wildman–Crippen MR) is 67.1 cm³/mol. The Balaban J connectivity index is 1.63. The molecule has 2 bridgehead atoms. The van der Waals surface area contributed by atoms with E-state index >= 15 is 0 Å². The summed E-state index contributed by atoms with van der Waals surface area (Å²) in [4.78, 5) is 0. The minimum absolute atomic E-state index is 0.0870. The molecule has 1 unspecified atom stereocenters. The SMILES string of the molecule is COC1O[C@@H]2CCN[C@H]1[C@H]2OCc1ccccc1. The molecule has 4 heteroatoms. The maximum Gasteiger partial charge on any atom is 0.175 e. The number of methoxy groups -OCH3 is 1. The lowest BCUT2D eigenvalue weighted by molar-refractivity contribution is -0.119. The van der Waals surface area contributed by atoms with Crippen LogP contribution in [0.2, 0.25) is 0 Å². The molecule has 1 aromatic carbocycles. The second-order valence-corrected chi connectivity index (χ2v) is 4.81. The molecule has 2 saturated heterocycles. The molecule has 4 atom stereocenters. The van der Waals surface area contributed by atoms with E-state index in [-0.39, 0.29) is 24.5 Å². The smallest absolute Gasteiger partial charge is 0.175 e. The van der Waals surface area contributed by atoms with Gasteiger partial charge in [0.15, 0.2) is 6.29 Å². The minimum Gasteiger partial charge on any atom is -0.369 e. The first kappa shape index (κ1) is 12.1. The van der Waals surface area contributed by atoms with Gasteiger partial charge in [0.05, 0.1) is 18.8 Å². The van der Waals surface area contributed by atoms with Crippen molar-refractivity contribution in [2.24, 2.45) is 0 Å². The zero-order valence-electron chi connectivity index (χ0n) is 10.5. The Bertz CT molecular complexity index is 384. The summed E-state index contributed by atoms with van der Waals surface area (Å²) in [5, 5.41) is 3.42. The van der Waals surface area contributed by atoms with Crippen LogP contribution in [-0.2, 0) is 20.8 Å². The molecule has 0 radical (unpaired) electrons. The van der Waals surface area contributed by atoms with Gasteiger partial charge in [0.25, 0.3) is 0 Å². The van der Waals surface area contributed by atoms with E-state index in [9.17, 15) is 0 Å². The van der Waals surface area contributed by atoms with Crippen LogP contribution in [-0.4, -0.2) is 38.2 Å². The average Bonchev–Trinajstić information content (AvgIpc) is 2.62. The fourth-order valence-corrected chi connectivity index (χ4v) is 2.74. The highest BCUT2D eigenvalue weighted by atomic mass is 16.7. The highest BCUT2D eigenvalue weighted by Crippen LogP contribution is 2.30. The van der Waals surface area contributed by atoms with E-state index in [2.05, 4.69) is 17.4 Å². The van der Waals surface area contributed by atoms with Gasteiger partial charge < -0.3 is 19.5 Å². The van der Waals surface area contributed by atoms with Gasteiger partial charge in [0, 0.05) is 7.11 Å². The number of fused-ring (bicyclic) bond motifs is 2. The van der Waals surface area contributed by atoms with Gasteiger partial charge in [-0.1, -0.05) is 30.3 Å². The number of benzene rings is 1. The van der Waals surface area contributed by atoms with Gasteiger partial charge in [-0.3, -0.25) is 0 Å². The van der Waals surface area contributed by atoms with Crippen LogP contribution in [0.5, 0.6) is 0 Å². The Hall–Kier alpha value is -0.940. The molecule has 0 aromatic heterocycles. The molecular formula is C14H19NO3. The number of rotatable bonds is 4. The predicted octanol–water partition coefficient (Wildman–Crippen LogP) is 1.30. The summed E-state index contributed by atoms with van der Waals surface area (Å²) in [6.45, 7) is 1.60. The van der Waals surface area contributed by atoms with Gasteiger partial charge >= 0.3 is 0 Å². The van der Waals surface area contributed by atoms with E-state index in [0.717, 1.165) is 13.0 Å². The first-order valence-corrected chi connectivity index (χ1v) is 6.45. The van der Waals surface area contributed by atoms with Crippen molar-refractivity contribution in [2.75, 3.05) is 13.7 Å². The second kappa shape index (κ2) is 5.36. The molecule has 3 rings (SSSR count). The number of hydrogen-bond acceptors (Lipinski definition) is 4. The van der Waals surface area contributed by atoms with Crippen molar-refractivity contribution < 1.29 is 14.2 Å². The van der Waals surface area contributed by atoms with Gasteiger partial charge in [-0.2, -0.15) is 0 Å². The van der Waals surface area contributed by atoms with E-state index in [1.807, 2.05) is 18.2 Å². The summed E-state index contributed by atoms with van der Waals surface area (Å²) in [6, 6.07) is 10.4. The summed E-state index contributed by atoms with van der Waals surface area (Å²) in [6.07, 6.45) is 1.04. The fourth-order valence-electron chi connectivity index (χ4n) is 2.74. The molecule has 2 aliphatic rings. The zero-order valence-corrected chi connectivity index (χ0v) is 10.5. The molecule has 2 heterocycles. The molecule has 0 saturated carbocycles. The van der Waals surface area contributed by atoms with Crippen molar-refractivity contribution >= 4 is 0 Å². The van der Waals surface area contributed by atoms with Crippen LogP contribution >= 0.6 is 0 Å². The number of hydrogen-bond donors (Lipinski definition) is 1. The normalized spacial score (nSPS) is 34.7. The molecule has 4 nitrogen and oxygen atoms in total. The van der Waals surface area contributed by atoms with Crippen LogP contribution in [0.1, 0.15) is 12.0 Å². The Morgan fingerprint density at radius 2 is 2.17 bits per heavy atom. The summed E-state index contributed by atoms with van der Waals surface area (Å²) < 4.78 is 17.2. The third-order valence-electron chi connectivity index (χ3n) is 3.65. The molecule has 0 amide bonds. The third kappa shape index (κ3) is 2.29. The van der Waals surface area contributed by atoms with Gasteiger partial charge in [-0.15, -0.1) is 0 Å². The van der Waals surface area contributed by atoms with Crippen molar-refractivity contribution in [3.63, 3.8) is 0 Å². The number of piperidine rings is 1. The highest BCUT2D eigenvalue weighted by Gasteiger charge is 2.47. The van der Waals surface area contributed by atoms with Crippen molar-refractivity contribution in [3.05, 3.63) is 35.9 Å². The Morgan fingerprint density at radius 1 is 1.33 bits per heavy atom. The summed E-state index contributed by atoms with van der Waals surface area (Å²) in [5.41, 5.74) is 1.19. The quantitative estimate of drug-likeness (QED) is 0.873. The Labute approximate surface area is 107 Å². The topological polar surface area (TPSA) is 39.7 Å². The zero-order chi connectivity index (χ0) is 12.4. The summed E-state index contributed by atoms with van der Waals surface area (Å²) in [5.74, 6) is 0. The largest absolute Gasteiger partial charge is 0.369 e. The minimum atomic E-state index is -0.182. The molecule has 0 spiro atoms. The van der Waals surface area contributed by atoms with Crippen LogP contribution in [0.15, 0.2) is 30.3 Å². The lowest BCUT2D eigenvalue weighted by atomic mass is 10.0. The number of ether oxygens (including phenoxy) is 3. The molecule has 2 aliphatic heterocycles. The molecule has 0 aliphatic carbocycles. The highest BCUT2D eigenvalue weighted by molar-refractivity contribution is 5.13. The lowest BCUT2D eigenvalue weighted by Crippen LogP contribution is -2.51. The molecule has 1 aromatic rings. The van der Waals surface area contributed by atoms with E-state index in [1.165, 1.54) is 5.56 Å². The van der Waals surface area contributed by atoms with Crippen LogP contribution in [0.25, 0.3) is 0 Å². The maximum atomic E-state index is 6.02. The molecular weight excluding hydrogens is 230 g/mol. The lowest BCUT2D eigenvalue weighted by Gasteiger charge is -2.29. The van der Waals surface area contributed by atoms with Crippen molar-refractivity contribution in [3.8, 4) is 0 Å². The second-order valence-electron chi connectivity index (χ2n) is 4.81. The van der Waals surface area contributed by atoms with E-state index < -0.39 is 0 Å². The van der Waals surface area contributed by atoms with E-state index in [0.29, 0.717) is 6.61 Å². The van der Waals surface area contributed by atoms with Gasteiger partial charge in [0.1, 0.15) is 6.10 Å². The van der Waals surface area contributed by atoms with Crippen molar-refractivity contribution in [2.45, 2.75) is 37.6 Å². The Kier molecular flexibility index (Phi) is 3.61. The van der Waals surface area contributed by atoms with Crippen LogP contribution in [0, 0.1) is 0 Å². The van der Waals surface area contributed by atoms with Gasteiger partial charge in [-0.25, -0.2) is 0 Å². The van der Waals surface area contributed by atoms with Crippen molar-refractivity contribution in [1.29, 1.82) is 0 Å². The fraction of sp³-hybridized carbons (Fsp3) is 0.571. The van der Waals surface area contributed by atoms with Crippen LogP contribution < -0.4 is 5.32 Å². The van der Waals surface area contributed by atoms with Gasteiger partial charge in [-0.05, 0) is 18.5 Å². The van der Waals surface area contributed by atoms with Crippen LogP contribution in [0.4, 0.5) is 0 Å². The molecule has 2 fully saturated rings. The first-order valence-electron chi connectivity index (χ1n) is 6.45. The van der Waals surface area contributed by atoms with Gasteiger partial charge in [0.2, 0.25) is 0 Å². The molecule has 98 valence electrons. The molecule has 1 N–H and O–H groups in total. The van der Waals surface area contributed by atoms with Crippen LogP contribution in [0.3, 0.4) is 0 Å². The van der Waals surface area contributed by atoms with Crippen molar-refractivity contribution in [1.82, 2.24) is 5.32 Å². The summed E-state index contributed by atoms with van der Waals surface area (Å²) >= 11 is 0. The first-order chi connectivity index (χ1) is 8.88. The van der Waals surface area contributed by atoms with E-state index in [1.54, 1.807) is 7.11 Å². The average molecular weight is 249 g/mol. The molecule has 18 heavy (non-hydrogen) atoms.